The molecule has 0 saturated heterocycles. The minimum absolute atomic E-state index is 0.0532. The van der Waals surface area contributed by atoms with Crippen molar-refractivity contribution in [2.45, 2.75) is 19.6 Å². The van der Waals surface area contributed by atoms with Crippen LogP contribution in [-0.2, 0) is 9.59 Å². The topological polar surface area (TPSA) is 197 Å². The number of urea groups is 2. The quantitative estimate of drug-likeness (QED) is 0.236. The maximum Gasteiger partial charge on any atom is 0.350 e. The molecule has 7 rings (SSSR count). The van der Waals surface area contributed by atoms with E-state index in [4.69, 9.17) is 0 Å². The number of phenols is 2. The molecule has 0 atom stereocenters. The Morgan fingerprint density at radius 3 is 1.31 bits per heavy atom. The van der Waals surface area contributed by atoms with E-state index in [1.807, 2.05) is 0 Å². The van der Waals surface area contributed by atoms with Crippen LogP contribution in [0.1, 0.15) is 11.6 Å². The van der Waals surface area contributed by atoms with Gasteiger partial charge in [0.05, 0.1) is 39.2 Å². The molecule has 3 aromatic rings. The van der Waals surface area contributed by atoms with E-state index in [2.05, 4.69) is 29.9 Å². The van der Waals surface area contributed by atoms with Crippen molar-refractivity contribution in [1.29, 1.82) is 0 Å². The summed E-state index contributed by atoms with van der Waals surface area (Å²) < 4.78 is 0.782. The molecular weight excluding hydrogens is 625 g/mol. The Balaban J connectivity index is 1.32. The fourth-order valence-electron chi connectivity index (χ4n) is 4.30. The Bertz CT molecular complexity index is 1730. The summed E-state index contributed by atoms with van der Waals surface area (Å²) in [5.74, 6) is -1.09. The monoisotopic (exact) mass is 638 g/mol. The van der Waals surface area contributed by atoms with Crippen LogP contribution in [0.3, 0.4) is 0 Å². The van der Waals surface area contributed by atoms with Gasteiger partial charge in [0.25, 0.3) is 11.8 Å². The minimum Gasteiger partial charge on any atom is -0.505 e. The molecule has 14 nitrogen and oxygen atoms in total. The van der Waals surface area contributed by atoms with E-state index in [-0.39, 0.29) is 45.7 Å². The first-order chi connectivity index (χ1) is 20.2. The molecule has 0 fully saturated rings. The highest BCUT2D eigenvalue weighted by Crippen LogP contribution is 2.68. The molecule has 6 amide bonds. The Labute approximate surface area is 251 Å². The summed E-state index contributed by atoms with van der Waals surface area (Å²) in [5.41, 5.74) is 0.301. The first kappa shape index (κ1) is 26.6. The number of likely N-dealkylation sites (N-methyl/N-ethyl adjacent to an activating group) is 2. The number of phenolic OH excluding ortho intramolecular Hbond substituents is 2. The lowest BCUT2D eigenvalue weighted by Crippen LogP contribution is -2.40. The van der Waals surface area contributed by atoms with Gasteiger partial charge in [0.15, 0.2) is 11.6 Å². The third-order valence-electron chi connectivity index (χ3n) is 6.40. The summed E-state index contributed by atoms with van der Waals surface area (Å²) >= 11 is 4.19. The third kappa shape index (κ3) is 3.86. The normalized spacial score (nSPS) is 18.7. The highest BCUT2D eigenvalue weighted by Gasteiger charge is 2.43. The predicted molar refractivity (Wildman–Crippen MR) is 154 cm³/mol. The summed E-state index contributed by atoms with van der Waals surface area (Å²) in [4.78, 5) is 76.2. The number of fused-ring (bicyclic) bond motifs is 2. The van der Waals surface area contributed by atoms with Crippen LogP contribution < -0.4 is 0 Å². The number of benzene rings is 1. The SMILES string of the molecule is CN1C(=O)N=C(c2ncc[nH]2)C(=C2Sc3c(O)c4c(c(O)c3S2)SC(=C2C(=O)N(C)C(=O)N=C2c2ncc[nH]2)S4)C1=O. The number of nitrogens with zero attached hydrogens (tertiary/aromatic N) is 6. The minimum atomic E-state index is -0.749. The smallest absolute Gasteiger partial charge is 0.350 e. The summed E-state index contributed by atoms with van der Waals surface area (Å²) in [5, 5.41) is 22.8. The molecule has 1 aromatic carbocycles. The lowest BCUT2D eigenvalue weighted by molar-refractivity contribution is -0.123. The molecule has 0 bridgehead atoms. The number of imide groups is 2. The Morgan fingerprint density at radius 2 is 1.00 bits per heavy atom. The third-order valence-corrected chi connectivity index (χ3v) is 11.6. The predicted octanol–water partition coefficient (Wildman–Crippen LogP) is 3.53. The summed E-state index contributed by atoms with van der Waals surface area (Å²) in [6, 6.07) is -1.50. The summed E-state index contributed by atoms with van der Waals surface area (Å²) in [6.07, 6.45) is 6.00. The first-order valence-electron chi connectivity index (χ1n) is 11.8. The lowest BCUT2D eigenvalue weighted by atomic mass is 10.1. The zero-order chi connectivity index (χ0) is 29.4. The van der Waals surface area contributed by atoms with Crippen LogP contribution in [0.2, 0.25) is 0 Å². The molecule has 42 heavy (non-hydrogen) atoms. The Hall–Kier alpha value is -4.26. The molecule has 0 radical (unpaired) electrons. The van der Waals surface area contributed by atoms with Gasteiger partial charge in [-0.25, -0.2) is 19.6 Å². The van der Waals surface area contributed by atoms with E-state index in [0.717, 1.165) is 56.8 Å². The zero-order valence-corrected chi connectivity index (χ0v) is 24.4. The summed E-state index contributed by atoms with van der Waals surface area (Å²) in [6.45, 7) is 0. The van der Waals surface area contributed by atoms with Crippen molar-refractivity contribution in [2.75, 3.05) is 14.1 Å². The van der Waals surface area contributed by atoms with Crippen molar-refractivity contribution in [3.63, 3.8) is 0 Å². The lowest BCUT2D eigenvalue weighted by Gasteiger charge is -2.22. The van der Waals surface area contributed by atoms with E-state index in [1.54, 1.807) is 0 Å². The zero-order valence-electron chi connectivity index (χ0n) is 21.2. The number of aromatic amines is 2. The maximum atomic E-state index is 13.3. The number of hydrogen-bond donors (Lipinski definition) is 4. The number of carbonyl (C=O) groups is 4. The first-order valence-corrected chi connectivity index (χ1v) is 15.1. The van der Waals surface area contributed by atoms with Gasteiger partial charge in [0.2, 0.25) is 0 Å². The number of nitrogens with one attached hydrogen (secondary N) is 2. The molecule has 2 aromatic heterocycles. The van der Waals surface area contributed by atoms with Gasteiger partial charge in [-0.2, -0.15) is 9.98 Å². The number of amides is 6. The summed E-state index contributed by atoms with van der Waals surface area (Å²) in [7, 11) is 2.63. The number of aromatic hydroxyl groups is 2. The molecule has 4 N–H and O–H groups in total. The number of aliphatic imine (C=N–C) groups is 2. The van der Waals surface area contributed by atoms with Gasteiger partial charge in [-0.05, 0) is 0 Å². The highest BCUT2D eigenvalue weighted by molar-refractivity contribution is 8.26. The van der Waals surface area contributed by atoms with Gasteiger partial charge in [-0.15, -0.1) is 0 Å². The van der Waals surface area contributed by atoms with Gasteiger partial charge in [0, 0.05) is 38.9 Å². The van der Waals surface area contributed by atoms with Crippen LogP contribution in [0.4, 0.5) is 9.59 Å². The number of H-pyrrole nitrogens is 2. The van der Waals surface area contributed by atoms with E-state index in [1.165, 1.54) is 38.9 Å². The van der Waals surface area contributed by atoms with Crippen LogP contribution in [0.15, 0.2) is 74.0 Å². The van der Waals surface area contributed by atoms with Gasteiger partial charge >= 0.3 is 12.1 Å². The van der Waals surface area contributed by atoms with E-state index < -0.39 is 23.9 Å². The molecular formula is C24H14N8O6S4. The average molecular weight is 639 g/mol. The van der Waals surface area contributed by atoms with Gasteiger partial charge in [0.1, 0.15) is 22.9 Å². The van der Waals surface area contributed by atoms with Crippen LogP contribution >= 0.6 is 47.0 Å². The molecule has 4 aliphatic rings. The van der Waals surface area contributed by atoms with Crippen LogP contribution in [0.25, 0.3) is 0 Å². The molecule has 6 heterocycles. The second kappa shape index (κ2) is 9.65. The van der Waals surface area contributed by atoms with Crippen molar-refractivity contribution in [3.05, 3.63) is 56.1 Å². The largest absolute Gasteiger partial charge is 0.505 e. The standard InChI is InChI=1S/C24H14N8O6S4/c1-31-19(35)7(9(29-23(31)37)17-25-3-4-26-17)21-39-13-11(33)15-16(12(34)14(13)40-21)42-22(41-15)8-10(18-27-5-6-28-18)30-24(38)32(2)20(8)36/h3-6,33-34H,1-2H3,(H,25,26)(H,27,28). The number of rotatable bonds is 2. The van der Waals surface area contributed by atoms with Crippen LogP contribution in [0.5, 0.6) is 11.5 Å². The van der Waals surface area contributed by atoms with Crippen molar-refractivity contribution in [1.82, 2.24) is 29.7 Å². The second-order valence-electron chi connectivity index (χ2n) is 8.84. The molecule has 210 valence electrons. The Kier molecular flexibility index (Phi) is 6.12. The van der Waals surface area contributed by atoms with E-state index in [0.29, 0.717) is 28.1 Å². The van der Waals surface area contributed by atoms with Crippen molar-refractivity contribution < 1.29 is 29.4 Å². The molecule has 0 spiro atoms. The molecule has 4 aliphatic heterocycles. The number of hydrogen-bond acceptors (Lipinski definition) is 12. The van der Waals surface area contributed by atoms with Crippen LogP contribution in [-0.4, -0.2) is 89.3 Å². The fraction of sp³-hybridized carbons (Fsp3) is 0.0833. The number of aromatic nitrogens is 4. The highest BCUT2D eigenvalue weighted by atomic mass is 32.2. The molecule has 0 unspecified atom stereocenters. The number of thioether (sulfide) groups is 4. The van der Waals surface area contributed by atoms with Crippen molar-refractivity contribution in [2.24, 2.45) is 9.98 Å². The van der Waals surface area contributed by atoms with Crippen molar-refractivity contribution >= 4 is 82.3 Å². The Morgan fingerprint density at radius 1 is 0.643 bits per heavy atom. The van der Waals surface area contributed by atoms with Crippen molar-refractivity contribution in [3.8, 4) is 11.5 Å². The average Bonchev–Trinajstić information content (AvgIpc) is 3.79. The van der Waals surface area contributed by atoms with E-state index >= 15 is 0 Å². The van der Waals surface area contributed by atoms with E-state index in [9.17, 15) is 29.4 Å². The van der Waals surface area contributed by atoms with Gasteiger partial charge < -0.3 is 20.2 Å². The van der Waals surface area contributed by atoms with Gasteiger partial charge in [-0.1, -0.05) is 47.0 Å². The number of imidazole rings is 2. The van der Waals surface area contributed by atoms with Crippen LogP contribution in [0, 0.1) is 0 Å². The number of carbonyl (C=O) groups excluding carboxylic acids is 4. The fourth-order valence-corrected chi connectivity index (χ4v) is 9.70. The second-order valence-corrected chi connectivity index (χ2v) is 13.4. The molecule has 0 aliphatic carbocycles. The maximum absolute atomic E-state index is 13.3. The molecule has 18 heteroatoms. The van der Waals surface area contributed by atoms with Gasteiger partial charge in [-0.3, -0.25) is 19.4 Å². The molecule has 0 saturated carbocycles.